The van der Waals surface area contributed by atoms with Crippen molar-refractivity contribution in [1.29, 1.82) is 5.26 Å². The predicted molar refractivity (Wildman–Crippen MR) is 131 cm³/mol. The first-order valence-electron chi connectivity index (χ1n) is 11.3. The van der Waals surface area contributed by atoms with Gasteiger partial charge in [-0.2, -0.15) is 14.8 Å². The van der Waals surface area contributed by atoms with Crippen LogP contribution in [-0.4, -0.2) is 26.3 Å². The fourth-order valence-corrected chi connectivity index (χ4v) is 4.51. The Morgan fingerprint density at radius 2 is 1.91 bits per heavy atom. The number of rotatable bonds is 6. The summed E-state index contributed by atoms with van der Waals surface area (Å²) in [5, 5.41) is 25.6. The van der Waals surface area contributed by atoms with E-state index in [1.807, 2.05) is 36.4 Å². The molecule has 1 aliphatic carbocycles. The Kier molecular flexibility index (Phi) is 5.94. The maximum absolute atomic E-state index is 14.4. The lowest BCUT2D eigenvalue weighted by atomic mass is 9.72. The van der Waals surface area contributed by atoms with Gasteiger partial charge in [-0.05, 0) is 76.4 Å². The summed E-state index contributed by atoms with van der Waals surface area (Å²) >= 11 is 0. The topological polar surface area (TPSA) is 103 Å². The van der Waals surface area contributed by atoms with E-state index in [1.165, 1.54) is 6.08 Å². The number of nitrogens with zero attached hydrogens (tertiary/aromatic N) is 3. The van der Waals surface area contributed by atoms with Gasteiger partial charge in [0.05, 0.1) is 16.5 Å². The molecular weight excluding hydrogens is 443 g/mol. The minimum atomic E-state index is -1.01. The summed E-state index contributed by atoms with van der Waals surface area (Å²) in [5.74, 6) is -1.27. The van der Waals surface area contributed by atoms with E-state index in [0.29, 0.717) is 16.5 Å². The smallest absolute Gasteiger partial charge is 0.328 e. The maximum atomic E-state index is 14.4. The quantitative estimate of drug-likeness (QED) is 0.350. The molecule has 172 valence electrons. The van der Waals surface area contributed by atoms with Crippen LogP contribution in [0.3, 0.4) is 0 Å². The zero-order valence-corrected chi connectivity index (χ0v) is 18.7. The summed E-state index contributed by atoms with van der Waals surface area (Å²) in [4.78, 5) is 15.0. The van der Waals surface area contributed by atoms with Crippen molar-refractivity contribution in [2.45, 2.75) is 19.3 Å². The number of nitriles is 1. The molecule has 2 aromatic carbocycles. The summed E-state index contributed by atoms with van der Waals surface area (Å²) in [6.45, 7) is 0. The van der Waals surface area contributed by atoms with Crippen molar-refractivity contribution < 1.29 is 14.3 Å². The van der Waals surface area contributed by atoms with Crippen LogP contribution in [0.2, 0.25) is 0 Å². The Hall–Kier alpha value is -4.57. The Morgan fingerprint density at radius 1 is 1.14 bits per heavy atom. The average molecular weight is 465 g/mol. The van der Waals surface area contributed by atoms with Crippen LogP contribution in [0.1, 0.15) is 47.1 Å². The molecule has 0 bridgehead atoms. The Bertz CT molecular complexity index is 1520. The Morgan fingerprint density at radius 3 is 2.60 bits per heavy atom. The minimum Gasteiger partial charge on any atom is -0.478 e. The molecule has 35 heavy (non-hydrogen) atoms. The average Bonchev–Trinajstić information content (AvgIpc) is 3.22. The van der Waals surface area contributed by atoms with Crippen LogP contribution in [0.5, 0.6) is 0 Å². The Labute approximate surface area is 201 Å². The lowest BCUT2D eigenvalue weighted by Gasteiger charge is -2.32. The van der Waals surface area contributed by atoms with Crippen molar-refractivity contribution >= 4 is 34.1 Å². The van der Waals surface area contributed by atoms with Crippen LogP contribution in [-0.2, 0) is 4.79 Å². The van der Waals surface area contributed by atoms with Gasteiger partial charge in [-0.15, -0.1) is 0 Å². The van der Waals surface area contributed by atoms with Crippen LogP contribution in [0, 0.1) is 23.2 Å². The molecule has 2 heterocycles. The number of aromatic amines is 1. The first-order valence-corrected chi connectivity index (χ1v) is 11.3. The summed E-state index contributed by atoms with van der Waals surface area (Å²) in [7, 11) is 0. The predicted octanol–water partition coefficient (Wildman–Crippen LogP) is 5.83. The summed E-state index contributed by atoms with van der Waals surface area (Å²) in [6, 6.07) is 17.2. The van der Waals surface area contributed by atoms with Gasteiger partial charge in [-0.3, -0.25) is 10.1 Å². The van der Waals surface area contributed by atoms with Gasteiger partial charge in [0.25, 0.3) is 0 Å². The van der Waals surface area contributed by atoms with E-state index in [9.17, 15) is 14.4 Å². The number of aromatic nitrogens is 3. The number of pyridine rings is 1. The van der Waals surface area contributed by atoms with Gasteiger partial charge < -0.3 is 5.11 Å². The molecule has 5 rings (SSSR count). The van der Waals surface area contributed by atoms with Crippen molar-refractivity contribution in [3.63, 3.8) is 0 Å². The molecule has 0 aliphatic heterocycles. The first kappa shape index (κ1) is 22.2. The van der Waals surface area contributed by atoms with E-state index < -0.39 is 11.9 Å². The molecule has 0 radical (unpaired) electrons. The molecule has 0 amide bonds. The SMILES string of the molecule is N#Cc1cnccc1/C(=C(\c1ccc(/C=C/C(=O)O)cc1)c1ccc2n[nH]c(F)c2c1)C1CCC1. The molecule has 1 fully saturated rings. The van der Waals surface area contributed by atoms with Crippen molar-refractivity contribution in [2.24, 2.45) is 5.92 Å². The molecule has 0 atom stereocenters. The number of carboxylic acid groups (broad SMARTS) is 1. The first-order chi connectivity index (χ1) is 17.0. The van der Waals surface area contributed by atoms with E-state index in [2.05, 4.69) is 21.3 Å². The van der Waals surface area contributed by atoms with E-state index in [4.69, 9.17) is 5.11 Å². The molecule has 0 unspecified atom stereocenters. The molecule has 1 saturated carbocycles. The second-order valence-electron chi connectivity index (χ2n) is 8.51. The molecule has 1 aliphatic rings. The van der Waals surface area contributed by atoms with Crippen molar-refractivity contribution in [1.82, 2.24) is 15.2 Å². The van der Waals surface area contributed by atoms with Crippen LogP contribution < -0.4 is 0 Å². The fourth-order valence-electron chi connectivity index (χ4n) is 4.51. The van der Waals surface area contributed by atoms with Gasteiger partial charge in [0.1, 0.15) is 6.07 Å². The van der Waals surface area contributed by atoms with Gasteiger partial charge in [-0.25, -0.2) is 4.79 Å². The van der Waals surface area contributed by atoms with Crippen LogP contribution in [0.15, 0.2) is 67.0 Å². The molecule has 2 aromatic heterocycles. The molecule has 4 aromatic rings. The van der Waals surface area contributed by atoms with Gasteiger partial charge in [-0.1, -0.05) is 36.8 Å². The van der Waals surface area contributed by atoms with Gasteiger partial charge in [0.2, 0.25) is 5.95 Å². The largest absolute Gasteiger partial charge is 0.478 e. The van der Waals surface area contributed by atoms with Gasteiger partial charge in [0.15, 0.2) is 0 Å². The molecule has 6 nitrogen and oxygen atoms in total. The van der Waals surface area contributed by atoms with Gasteiger partial charge in [0, 0.05) is 18.5 Å². The highest BCUT2D eigenvalue weighted by atomic mass is 19.1. The number of aliphatic carboxylic acids is 1. The maximum Gasteiger partial charge on any atom is 0.328 e. The number of carbonyl (C=O) groups is 1. The highest BCUT2D eigenvalue weighted by molar-refractivity contribution is 6.02. The number of halogens is 1. The van der Waals surface area contributed by atoms with Crippen molar-refractivity contribution in [3.8, 4) is 6.07 Å². The number of fused-ring (bicyclic) bond motifs is 1. The second kappa shape index (κ2) is 9.35. The number of H-pyrrole nitrogens is 1. The third-order valence-corrected chi connectivity index (χ3v) is 6.43. The number of nitrogens with one attached hydrogen (secondary N) is 1. The lowest BCUT2D eigenvalue weighted by Crippen LogP contribution is -2.16. The zero-order valence-electron chi connectivity index (χ0n) is 18.7. The monoisotopic (exact) mass is 464 g/mol. The fraction of sp³-hybridized carbons (Fsp3) is 0.143. The number of carboxylic acids is 1. The van der Waals surface area contributed by atoms with Crippen molar-refractivity contribution in [3.05, 3.63) is 101 Å². The number of allylic oxidation sites excluding steroid dienone is 1. The Balaban J connectivity index is 1.78. The highest BCUT2D eigenvalue weighted by Crippen LogP contribution is 2.46. The van der Waals surface area contributed by atoms with Crippen LogP contribution >= 0.6 is 0 Å². The lowest BCUT2D eigenvalue weighted by molar-refractivity contribution is -0.131. The number of hydrogen-bond acceptors (Lipinski definition) is 4. The third kappa shape index (κ3) is 4.34. The number of hydrogen-bond donors (Lipinski definition) is 2. The second-order valence-corrected chi connectivity index (χ2v) is 8.51. The standard InChI is InChI=1S/C28H21FN4O2/c29-28-23-14-20(9-10-24(23)32-33-28)26(19-7-4-17(5-8-19)6-11-25(34)35)27(18-2-1-3-18)22-12-13-31-16-21(22)15-30/h4-14,16,18H,1-3H2,(H,32,33)(H,34,35)/b11-6+,27-26+. The van der Waals surface area contributed by atoms with E-state index in [1.54, 1.807) is 24.5 Å². The highest BCUT2D eigenvalue weighted by Gasteiger charge is 2.29. The normalized spacial score (nSPS) is 14.5. The molecule has 0 saturated heterocycles. The molecule has 0 spiro atoms. The molecule has 2 N–H and O–H groups in total. The van der Waals surface area contributed by atoms with E-state index in [-0.39, 0.29) is 5.92 Å². The van der Waals surface area contributed by atoms with E-state index >= 15 is 0 Å². The zero-order chi connectivity index (χ0) is 24.4. The van der Waals surface area contributed by atoms with Gasteiger partial charge >= 0.3 is 5.97 Å². The third-order valence-electron chi connectivity index (χ3n) is 6.43. The summed E-state index contributed by atoms with van der Waals surface area (Å²) < 4.78 is 14.4. The van der Waals surface area contributed by atoms with E-state index in [0.717, 1.165) is 58.7 Å². The van der Waals surface area contributed by atoms with Crippen molar-refractivity contribution in [2.75, 3.05) is 0 Å². The van der Waals surface area contributed by atoms with Crippen LogP contribution in [0.25, 0.3) is 28.1 Å². The molecule has 7 heteroatoms. The summed E-state index contributed by atoms with van der Waals surface area (Å²) in [5.41, 5.74) is 6.25. The summed E-state index contributed by atoms with van der Waals surface area (Å²) in [6.07, 6.45) is 8.98. The molecular formula is C28H21FN4O2. The number of benzene rings is 2. The van der Waals surface area contributed by atoms with Crippen LogP contribution in [0.4, 0.5) is 4.39 Å². The minimum absolute atomic E-state index is 0.246.